The van der Waals surface area contributed by atoms with Crippen LogP contribution in [0.5, 0.6) is 0 Å². The normalized spacial score (nSPS) is 11.4. The van der Waals surface area contributed by atoms with Crippen LogP contribution in [0.2, 0.25) is 0 Å². The zero-order valence-corrected chi connectivity index (χ0v) is 11.3. The number of hydrogen-bond acceptors (Lipinski definition) is 4. The Bertz CT molecular complexity index is 652. The predicted octanol–water partition coefficient (Wildman–Crippen LogP) is 3.95. The van der Waals surface area contributed by atoms with Crippen LogP contribution in [0.1, 0.15) is 12.6 Å². The maximum Gasteiger partial charge on any atom is 0.433 e. The van der Waals surface area contributed by atoms with Crippen molar-refractivity contribution >= 4 is 17.5 Å². The molecule has 1 aromatic heterocycles. The van der Waals surface area contributed by atoms with E-state index in [0.29, 0.717) is 6.07 Å². The first-order chi connectivity index (χ1) is 10.3. The Morgan fingerprint density at radius 1 is 1.09 bits per heavy atom. The zero-order valence-electron chi connectivity index (χ0n) is 11.3. The molecule has 4 nitrogen and oxygen atoms in total. The average Bonchev–Trinajstić information content (AvgIpc) is 2.42. The monoisotopic (exact) mass is 318 g/mol. The Labute approximate surface area is 122 Å². The first-order valence-corrected chi connectivity index (χ1v) is 6.22. The van der Waals surface area contributed by atoms with Crippen molar-refractivity contribution in [2.24, 2.45) is 0 Å². The second-order valence-electron chi connectivity index (χ2n) is 4.21. The van der Waals surface area contributed by atoms with Crippen molar-refractivity contribution in [3.63, 3.8) is 0 Å². The minimum Gasteiger partial charge on any atom is -0.354 e. The van der Waals surface area contributed by atoms with E-state index in [-0.39, 0.29) is 18.3 Å². The van der Waals surface area contributed by atoms with E-state index in [9.17, 15) is 22.0 Å². The summed E-state index contributed by atoms with van der Waals surface area (Å²) in [6, 6.07) is 3.67. The highest BCUT2D eigenvalue weighted by atomic mass is 19.4. The molecule has 0 radical (unpaired) electrons. The highest BCUT2D eigenvalue weighted by Gasteiger charge is 2.33. The minimum atomic E-state index is -4.71. The summed E-state index contributed by atoms with van der Waals surface area (Å²) in [6.07, 6.45) is -4.71. The maximum absolute atomic E-state index is 13.5. The molecule has 2 N–H and O–H groups in total. The van der Waals surface area contributed by atoms with Gasteiger partial charge in [0.25, 0.3) is 0 Å². The van der Waals surface area contributed by atoms with Crippen LogP contribution in [-0.4, -0.2) is 16.5 Å². The molecule has 0 aliphatic rings. The van der Waals surface area contributed by atoms with Gasteiger partial charge in [-0.2, -0.15) is 18.2 Å². The molecule has 0 fully saturated rings. The van der Waals surface area contributed by atoms with Gasteiger partial charge in [-0.25, -0.2) is 13.8 Å². The number of halogens is 5. The third-order valence-corrected chi connectivity index (χ3v) is 2.57. The van der Waals surface area contributed by atoms with Gasteiger partial charge in [0.15, 0.2) is 5.69 Å². The van der Waals surface area contributed by atoms with Gasteiger partial charge in [-0.3, -0.25) is 0 Å². The van der Waals surface area contributed by atoms with Crippen LogP contribution < -0.4 is 10.6 Å². The Morgan fingerprint density at radius 3 is 2.27 bits per heavy atom. The largest absolute Gasteiger partial charge is 0.433 e. The SMILES string of the molecule is CCNc1nc(Nc2c(F)cccc2F)cc(C(F)(F)F)n1. The second kappa shape index (κ2) is 6.12. The lowest BCUT2D eigenvalue weighted by molar-refractivity contribution is -0.141. The fourth-order valence-corrected chi connectivity index (χ4v) is 1.64. The molecule has 1 heterocycles. The summed E-state index contributed by atoms with van der Waals surface area (Å²) in [6.45, 7) is 1.93. The number of para-hydroxylation sites is 1. The van der Waals surface area contributed by atoms with Crippen LogP contribution >= 0.6 is 0 Å². The molecule has 0 spiro atoms. The maximum atomic E-state index is 13.5. The molecule has 0 saturated carbocycles. The molecule has 0 saturated heterocycles. The van der Waals surface area contributed by atoms with Crippen LogP contribution in [0, 0.1) is 11.6 Å². The van der Waals surface area contributed by atoms with Crippen molar-refractivity contribution in [3.8, 4) is 0 Å². The third kappa shape index (κ3) is 3.60. The van der Waals surface area contributed by atoms with Crippen molar-refractivity contribution in [1.29, 1.82) is 0 Å². The third-order valence-electron chi connectivity index (χ3n) is 2.57. The van der Waals surface area contributed by atoms with E-state index >= 15 is 0 Å². The molecule has 0 amide bonds. The summed E-state index contributed by atoms with van der Waals surface area (Å²) in [5.41, 5.74) is -1.81. The quantitative estimate of drug-likeness (QED) is 0.838. The van der Waals surface area contributed by atoms with Gasteiger partial charge >= 0.3 is 6.18 Å². The Kier molecular flexibility index (Phi) is 4.43. The summed E-state index contributed by atoms with van der Waals surface area (Å²) in [5.74, 6) is -2.56. The lowest BCUT2D eigenvalue weighted by Crippen LogP contribution is -2.13. The fraction of sp³-hybridized carbons (Fsp3) is 0.231. The summed E-state index contributed by atoms with van der Waals surface area (Å²) in [4.78, 5) is 7.05. The van der Waals surface area contributed by atoms with E-state index in [0.717, 1.165) is 18.2 Å². The van der Waals surface area contributed by atoms with Gasteiger partial charge in [0.1, 0.15) is 23.1 Å². The van der Waals surface area contributed by atoms with E-state index in [1.54, 1.807) is 6.92 Å². The Balaban J connectivity index is 2.44. The molecular weight excluding hydrogens is 307 g/mol. The summed E-state index contributed by atoms with van der Waals surface area (Å²) >= 11 is 0. The molecule has 0 aliphatic heterocycles. The van der Waals surface area contributed by atoms with Crippen LogP contribution in [0.3, 0.4) is 0 Å². The smallest absolute Gasteiger partial charge is 0.354 e. The van der Waals surface area contributed by atoms with Gasteiger partial charge in [-0.05, 0) is 19.1 Å². The summed E-state index contributed by atoms with van der Waals surface area (Å²) in [7, 11) is 0. The van der Waals surface area contributed by atoms with E-state index in [1.807, 2.05) is 0 Å². The van der Waals surface area contributed by atoms with Crippen molar-refractivity contribution in [2.75, 3.05) is 17.2 Å². The zero-order chi connectivity index (χ0) is 16.3. The van der Waals surface area contributed by atoms with Crippen molar-refractivity contribution < 1.29 is 22.0 Å². The number of nitrogens with one attached hydrogen (secondary N) is 2. The van der Waals surface area contributed by atoms with E-state index in [1.165, 1.54) is 0 Å². The number of rotatable bonds is 4. The van der Waals surface area contributed by atoms with Gasteiger partial charge < -0.3 is 10.6 Å². The van der Waals surface area contributed by atoms with Gasteiger partial charge in [0.05, 0.1) is 0 Å². The molecule has 2 aromatic rings. The number of anilines is 3. The van der Waals surface area contributed by atoms with Gasteiger partial charge in [0.2, 0.25) is 5.95 Å². The molecule has 118 valence electrons. The molecule has 22 heavy (non-hydrogen) atoms. The number of benzene rings is 1. The van der Waals surface area contributed by atoms with Crippen LogP contribution in [0.25, 0.3) is 0 Å². The minimum absolute atomic E-state index is 0.287. The fourth-order valence-electron chi connectivity index (χ4n) is 1.64. The Morgan fingerprint density at radius 2 is 1.73 bits per heavy atom. The standard InChI is InChI=1S/C13H11F5N4/c1-2-19-12-20-9(13(16,17)18)6-10(22-12)21-11-7(14)4-3-5-8(11)15/h3-6H,2H2,1H3,(H2,19,20,21,22). The van der Waals surface area contributed by atoms with E-state index in [2.05, 4.69) is 20.6 Å². The van der Waals surface area contributed by atoms with E-state index in [4.69, 9.17) is 0 Å². The van der Waals surface area contributed by atoms with Gasteiger partial charge in [-0.1, -0.05) is 6.07 Å². The first kappa shape index (κ1) is 15.9. The second-order valence-corrected chi connectivity index (χ2v) is 4.21. The van der Waals surface area contributed by atoms with Crippen molar-refractivity contribution in [3.05, 3.63) is 41.6 Å². The lowest BCUT2D eigenvalue weighted by Gasteiger charge is -2.13. The average molecular weight is 318 g/mol. The van der Waals surface area contributed by atoms with Crippen LogP contribution in [-0.2, 0) is 6.18 Å². The highest BCUT2D eigenvalue weighted by Crippen LogP contribution is 2.31. The topological polar surface area (TPSA) is 49.8 Å². The van der Waals surface area contributed by atoms with Crippen LogP contribution in [0.4, 0.5) is 39.4 Å². The highest BCUT2D eigenvalue weighted by molar-refractivity contribution is 5.59. The van der Waals surface area contributed by atoms with Gasteiger partial charge in [-0.15, -0.1) is 0 Å². The predicted molar refractivity (Wildman–Crippen MR) is 70.8 cm³/mol. The Hall–Kier alpha value is -2.45. The van der Waals surface area contributed by atoms with Crippen molar-refractivity contribution in [1.82, 2.24) is 9.97 Å². The molecule has 0 aliphatic carbocycles. The lowest BCUT2D eigenvalue weighted by atomic mass is 10.3. The number of aromatic nitrogens is 2. The number of alkyl halides is 3. The molecule has 0 bridgehead atoms. The molecule has 2 rings (SSSR count). The van der Waals surface area contributed by atoms with Gasteiger partial charge in [0, 0.05) is 12.6 Å². The van der Waals surface area contributed by atoms with Crippen molar-refractivity contribution in [2.45, 2.75) is 13.1 Å². The number of hydrogen-bond donors (Lipinski definition) is 2. The summed E-state index contributed by atoms with van der Waals surface area (Å²) < 4.78 is 65.4. The van der Waals surface area contributed by atoms with E-state index < -0.39 is 29.2 Å². The molecule has 9 heteroatoms. The summed E-state index contributed by atoms with van der Waals surface area (Å²) in [5, 5.41) is 4.74. The van der Waals surface area contributed by atoms with Crippen LogP contribution in [0.15, 0.2) is 24.3 Å². The number of nitrogens with zero attached hydrogens (tertiary/aromatic N) is 2. The molecular formula is C13H11F5N4. The first-order valence-electron chi connectivity index (χ1n) is 6.22. The molecule has 1 aromatic carbocycles. The molecule has 0 atom stereocenters. The molecule has 0 unspecified atom stereocenters.